The van der Waals surface area contributed by atoms with Crippen LogP contribution in [0.15, 0.2) is 18.2 Å². The quantitative estimate of drug-likeness (QED) is 0.874. The Morgan fingerprint density at radius 1 is 1.47 bits per heavy atom. The van der Waals surface area contributed by atoms with E-state index in [2.05, 4.69) is 6.07 Å². The van der Waals surface area contributed by atoms with Gasteiger partial charge in [0.25, 0.3) is 0 Å². The molecular formula is C13H17FN2O. The van der Waals surface area contributed by atoms with Crippen LogP contribution in [0.4, 0.5) is 10.1 Å². The maximum atomic E-state index is 13.1. The van der Waals surface area contributed by atoms with Crippen LogP contribution in [-0.4, -0.2) is 18.2 Å². The van der Waals surface area contributed by atoms with Crippen molar-refractivity contribution in [3.05, 3.63) is 29.6 Å². The smallest absolute Gasteiger partial charge is 0.123 e. The van der Waals surface area contributed by atoms with E-state index < -0.39 is 6.10 Å². The summed E-state index contributed by atoms with van der Waals surface area (Å²) >= 11 is 0. The molecule has 17 heavy (non-hydrogen) atoms. The maximum Gasteiger partial charge on any atom is 0.123 e. The Hall–Kier alpha value is -1.60. The SMILES string of the molecule is CC(O)c1cc(F)ccc1N(C)C(C)CC#N. The third-order valence-electron chi connectivity index (χ3n) is 2.87. The highest BCUT2D eigenvalue weighted by Crippen LogP contribution is 2.28. The van der Waals surface area contributed by atoms with Gasteiger partial charge in [0.05, 0.1) is 18.6 Å². The summed E-state index contributed by atoms with van der Waals surface area (Å²) in [6.45, 7) is 3.51. The highest BCUT2D eigenvalue weighted by Gasteiger charge is 2.16. The number of aliphatic hydroxyl groups excluding tert-OH is 1. The molecule has 2 atom stereocenters. The zero-order valence-electron chi connectivity index (χ0n) is 10.3. The average Bonchev–Trinajstić information content (AvgIpc) is 2.28. The number of hydrogen-bond donors (Lipinski definition) is 1. The molecule has 4 heteroatoms. The molecule has 1 aromatic carbocycles. The van der Waals surface area contributed by atoms with Gasteiger partial charge in [0.15, 0.2) is 0 Å². The Balaban J connectivity index is 3.09. The van der Waals surface area contributed by atoms with E-state index in [4.69, 9.17) is 5.26 Å². The van der Waals surface area contributed by atoms with Crippen molar-refractivity contribution < 1.29 is 9.50 Å². The van der Waals surface area contributed by atoms with Gasteiger partial charge in [0, 0.05) is 24.3 Å². The van der Waals surface area contributed by atoms with E-state index >= 15 is 0 Å². The molecular weight excluding hydrogens is 219 g/mol. The maximum absolute atomic E-state index is 13.1. The van der Waals surface area contributed by atoms with Crippen LogP contribution in [0.3, 0.4) is 0 Å². The minimum absolute atomic E-state index is 0.0166. The first-order valence-corrected chi connectivity index (χ1v) is 5.54. The summed E-state index contributed by atoms with van der Waals surface area (Å²) in [5, 5.41) is 18.3. The molecule has 0 saturated carbocycles. The number of hydrogen-bond acceptors (Lipinski definition) is 3. The topological polar surface area (TPSA) is 47.3 Å². The lowest BCUT2D eigenvalue weighted by Gasteiger charge is -2.28. The van der Waals surface area contributed by atoms with Crippen LogP contribution >= 0.6 is 0 Å². The molecule has 1 N–H and O–H groups in total. The third-order valence-corrected chi connectivity index (χ3v) is 2.87. The summed E-state index contributed by atoms with van der Waals surface area (Å²) < 4.78 is 13.1. The summed E-state index contributed by atoms with van der Waals surface area (Å²) in [7, 11) is 1.83. The normalized spacial score (nSPS) is 13.9. The van der Waals surface area contributed by atoms with Gasteiger partial charge in [-0.05, 0) is 32.0 Å². The second-order valence-electron chi connectivity index (χ2n) is 4.20. The van der Waals surface area contributed by atoms with Gasteiger partial charge in [-0.1, -0.05) is 0 Å². The highest BCUT2D eigenvalue weighted by atomic mass is 19.1. The van der Waals surface area contributed by atoms with E-state index in [9.17, 15) is 9.50 Å². The molecule has 0 spiro atoms. The molecule has 0 radical (unpaired) electrons. The van der Waals surface area contributed by atoms with Crippen LogP contribution in [0.5, 0.6) is 0 Å². The minimum Gasteiger partial charge on any atom is -0.389 e. The molecule has 0 aromatic heterocycles. The first-order valence-electron chi connectivity index (χ1n) is 5.54. The van der Waals surface area contributed by atoms with Gasteiger partial charge in [0.2, 0.25) is 0 Å². The highest BCUT2D eigenvalue weighted by molar-refractivity contribution is 5.55. The van der Waals surface area contributed by atoms with Gasteiger partial charge < -0.3 is 10.0 Å². The number of halogens is 1. The van der Waals surface area contributed by atoms with E-state index in [0.29, 0.717) is 12.0 Å². The number of anilines is 1. The van der Waals surface area contributed by atoms with Crippen LogP contribution in [0.1, 0.15) is 31.9 Å². The van der Waals surface area contributed by atoms with Gasteiger partial charge >= 0.3 is 0 Å². The second-order valence-corrected chi connectivity index (χ2v) is 4.20. The van der Waals surface area contributed by atoms with Crippen LogP contribution in [0, 0.1) is 17.1 Å². The fraction of sp³-hybridized carbons (Fsp3) is 0.462. The van der Waals surface area contributed by atoms with Crippen molar-refractivity contribution in [2.45, 2.75) is 32.4 Å². The zero-order chi connectivity index (χ0) is 13.0. The Bertz CT molecular complexity index is 426. The third kappa shape index (κ3) is 3.18. The predicted molar refractivity (Wildman–Crippen MR) is 65.1 cm³/mol. The van der Waals surface area contributed by atoms with Gasteiger partial charge in [0.1, 0.15) is 5.82 Å². The first-order chi connectivity index (χ1) is 7.97. The Morgan fingerprint density at radius 2 is 2.12 bits per heavy atom. The Labute approximate surface area is 101 Å². The van der Waals surface area contributed by atoms with E-state index in [0.717, 1.165) is 5.69 Å². The second kappa shape index (κ2) is 5.65. The van der Waals surface area contributed by atoms with Crippen LogP contribution in [0.25, 0.3) is 0 Å². The van der Waals surface area contributed by atoms with Gasteiger partial charge in [-0.3, -0.25) is 0 Å². The van der Waals surface area contributed by atoms with Crippen molar-refractivity contribution in [2.24, 2.45) is 0 Å². The molecule has 2 unspecified atom stereocenters. The Kier molecular flexibility index (Phi) is 4.47. The standard InChI is InChI=1S/C13H17FN2O/c1-9(6-7-15)16(3)13-5-4-11(14)8-12(13)10(2)17/h4-5,8-10,17H,6H2,1-3H3. The number of nitriles is 1. The molecule has 0 aliphatic heterocycles. The average molecular weight is 236 g/mol. The predicted octanol–water partition coefficient (Wildman–Crippen LogP) is 2.62. The zero-order valence-corrected chi connectivity index (χ0v) is 10.3. The monoisotopic (exact) mass is 236 g/mol. The fourth-order valence-electron chi connectivity index (χ4n) is 1.69. The van der Waals surface area contributed by atoms with Crippen molar-refractivity contribution in [2.75, 3.05) is 11.9 Å². The first kappa shape index (κ1) is 13.5. The molecule has 3 nitrogen and oxygen atoms in total. The van der Waals surface area contributed by atoms with Crippen molar-refractivity contribution in [1.82, 2.24) is 0 Å². The van der Waals surface area contributed by atoms with E-state index in [-0.39, 0.29) is 11.9 Å². The molecule has 0 heterocycles. The van der Waals surface area contributed by atoms with E-state index in [1.165, 1.54) is 12.1 Å². The Morgan fingerprint density at radius 3 is 2.65 bits per heavy atom. The summed E-state index contributed by atoms with van der Waals surface area (Å²) in [4.78, 5) is 1.88. The van der Waals surface area contributed by atoms with Gasteiger partial charge in [-0.15, -0.1) is 0 Å². The molecule has 0 amide bonds. The number of nitrogens with zero attached hydrogens (tertiary/aromatic N) is 2. The molecule has 0 aliphatic carbocycles. The largest absolute Gasteiger partial charge is 0.389 e. The van der Waals surface area contributed by atoms with E-state index in [1.807, 2.05) is 18.9 Å². The van der Waals surface area contributed by atoms with Crippen molar-refractivity contribution in [1.29, 1.82) is 5.26 Å². The fourth-order valence-corrected chi connectivity index (χ4v) is 1.69. The summed E-state index contributed by atoms with van der Waals surface area (Å²) in [5.41, 5.74) is 1.29. The minimum atomic E-state index is -0.738. The lowest BCUT2D eigenvalue weighted by molar-refractivity contribution is 0.199. The number of rotatable bonds is 4. The number of benzene rings is 1. The van der Waals surface area contributed by atoms with Crippen LogP contribution in [-0.2, 0) is 0 Å². The summed E-state index contributed by atoms with van der Waals surface area (Å²) in [5.74, 6) is -0.369. The molecule has 0 bridgehead atoms. The molecule has 0 aliphatic rings. The summed E-state index contributed by atoms with van der Waals surface area (Å²) in [6, 6.07) is 6.43. The molecule has 1 aromatic rings. The molecule has 92 valence electrons. The molecule has 1 rings (SSSR count). The van der Waals surface area contributed by atoms with Crippen molar-refractivity contribution in [3.8, 4) is 6.07 Å². The lowest BCUT2D eigenvalue weighted by Crippen LogP contribution is -2.29. The van der Waals surface area contributed by atoms with Crippen LogP contribution < -0.4 is 4.90 Å². The van der Waals surface area contributed by atoms with Gasteiger partial charge in [-0.2, -0.15) is 5.26 Å². The van der Waals surface area contributed by atoms with Crippen molar-refractivity contribution in [3.63, 3.8) is 0 Å². The lowest BCUT2D eigenvalue weighted by atomic mass is 10.1. The molecule has 0 fully saturated rings. The van der Waals surface area contributed by atoms with Crippen molar-refractivity contribution >= 4 is 5.69 Å². The van der Waals surface area contributed by atoms with Gasteiger partial charge in [-0.25, -0.2) is 4.39 Å². The summed E-state index contributed by atoms with van der Waals surface area (Å²) in [6.07, 6.45) is -0.356. The van der Waals surface area contributed by atoms with Crippen LogP contribution in [0.2, 0.25) is 0 Å². The van der Waals surface area contributed by atoms with E-state index in [1.54, 1.807) is 13.0 Å². The molecule has 0 saturated heterocycles. The number of aliphatic hydroxyl groups is 1.